The average molecular weight is 159 g/mol. The average Bonchev–Trinajstić information content (AvgIpc) is 2.01. The molecule has 0 saturated carbocycles. The Morgan fingerprint density at radius 2 is 2.27 bits per heavy atom. The molecule has 0 bridgehead atoms. The second kappa shape index (κ2) is 5.58. The van der Waals surface area contributed by atoms with Gasteiger partial charge in [-0.25, -0.2) is 10.3 Å². The lowest BCUT2D eigenvalue weighted by Crippen LogP contribution is -2.18. The lowest BCUT2D eigenvalue weighted by Gasteiger charge is -2.04. The molecular formula is C7H13NO3. The van der Waals surface area contributed by atoms with Crippen molar-refractivity contribution in [3.63, 3.8) is 0 Å². The number of rotatable bonds is 3. The minimum Gasteiger partial charge on any atom is -0.433 e. The van der Waals surface area contributed by atoms with Crippen molar-refractivity contribution in [2.75, 3.05) is 6.61 Å². The largest absolute Gasteiger partial charge is 0.533 e. The molecule has 0 rings (SSSR count). The Labute approximate surface area is 66.1 Å². The van der Waals surface area contributed by atoms with Gasteiger partial charge in [0.05, 0.1) is 6.61 Å². The molecule has 0 atom stereocenters. The van der Waals surface area contributed by atoms with Crippen LogP contribution in [-0.4, -0.2) is 12.8 Å². The third-order valence-corrected chi connectivity index (χ3v) is 0.991. The maximum Gasteiger partial charge on any atom is 0.533 e. The summed E-state index contributed by atoms with van der Waals surface area (Å²) in [6.07, 6.45) is 1.06. The van der Waals surface area contributed by atoms with E-state index in [4.69, 9.17) is 0 Å². The first-order chi connectivity index (χ1) is 5.20. The number of ether oxygens (including phenoxy) is 1. The monoisotopic (exact) mass is 159 g/mol. The van der Waals surface area contributed by atoms with Crippen LogP contribution in [0.15, 0.2) is 11.8 Å². The van der Waals surface area contributed by atoms with Crippen LogP contribution >= 0.6 is 0 Å². The summed E-state index contributed by atoms with van der Waals surface area (Å²) in [5.74, 6) is 0. The Hall–Kier alpha value is -1.19. The second-order valence-corrected chi connectivity index (χ2v) is 1.86. The van der Waals surface area contributed by atoms with Gasteiger partial charge in [0.25, 0.3) is 0 Å². The molecule has 0 aliphatic rings. The number of carbonyl (C=O) groups excluding carboxylic acids is 1. The number of hydrogen-bond donors (Lipinski definition) is 1. The quantitative estimate of drug-likeness (QED) is 0.501. The van der Waals surface area contributed by atoms with Gasteiger partial charge >= 0.3 is 6.16 Å². The lowest BCUT2D eigenvalue weighted by atomic mass is 10.5. The highest BCUT2D eigenvalue weighted by Crippen LogP contribution is 1.87. The van der Waals surface area contributed by atoms with Crippen molar-refractivity contribution in [1.82, 2.24) is 5.48 Å². The van der Waals surface area contributed by atoms with Crippen molar-refractivity contribution in [2.24, 2.45) is 0 Å². The minimum atomic E-state index is -0.714. The number of hydrogen-bond acceptors (Lipinski definition) is 4. The van der Waals surface area contributed by atoms with Crippen LogP contribution in [0.25, 0.3) is 0 Å². The van der Waals surface area contributed by atoms with Crippen LogP contribution in [0.4, 0.5) is 4.79 Å². The van der Waals surface area contributed by atoms with Crippen LogP contribution in [0.2, 0.25) is 0 Å². The molecule has 0 aliphatic carbocycles. The van der Waals surface area contributed by atoms with Gasteiger partial charge in [0.2, 0.25) is 0 Å². The fourth-order valence-electron chi connectivity index (χ4n) is 0.328. The highest BCUT2D eigenvalue weighted by atomic mass is 16.8. The highest BCUT2D eigenvalue weighted by molar-refractivity contribution is 5.59. The van der Waals surface area contributed by atoms with Gasteiger partial charge in [-0.1, -0.05) is 6.08 Å². The van der Waals surface area contributed by atoms with Crippen LogP contribution in [0.1, 0.15) is 20.8 Å². The van der Waals surface area contributed by atoms with Gasteiger partial charge in [-0.3, -0.25) is 0 Å². The zero-order valence-corrected chi connectivity index (χ0v) is 7.01. The molecule has 0 aromatic rings. The summed E-state index contributed by atoms with van der Waals surface area (Å²) in [4.78, 5) is 15.0. The molecule has 0 fully saturated rings. The number of allylic oxidation sites excluding steroid dienone is 2. The predicted molar refractivity (Wildman–Crippen MR) is 40.7 cm³/mol. The van der Waals surface area contributed by atoms with Crippen LogP contribution in [0, 0.1) is 0 Å². The van der Waals surface area contributed by atoms with Gasteiger partial charge in [0, 0.05) is 5.70 Å². The van der Waals surface area contributed by atoms with Crippen molar-refractivity contribution >= 4 is 6.16 Å². The minimum absolute atomic E-state index is 0.315. The summed E-state index contributed by atoms with van der Waals surface area (Å²) in [6, 6.07) is 0. The van der Waals surface area contributed by atoms with E-state index in [0.717, 1.165) is 5.70 Å². The van der Waals surface area contributed by atoms with E-state index in [-0.39, 0.29) is 0 Å². The topological polar surface area (TPSA) is 47.6 Å². The Bertz CT molecular complexity index is 154. The first-order valence-electron chi connectivity index (χ1n) is 3.43. The van der Waals surface area contributed by atoms with Crippen molar-refractivity contribution in [3.8, 4) is 0 Å². The Morgan fingerprint density at radius 3 is 2.73 bits per heavy atom. The lowest BCUT2D eigenvalue weighted by molar-refractivity contribution is 0.0296. The molecule has 11 heavy (non-hydrogen) atoms. The van der Waals surface area contributed by atoms with E-state index >= 15 is 0 Å². The third-order valence-electron chi connectivity index (χ3n) is 0.991. The second-order valence-electron chi connectivity index (χ2n) is 1.86. The first-order valence-corrected chi connectivity index (χ1v) is 3.43. The van der Waals surface area contributed by atoms with Crippen LogP contribution in [-0.2, 0) is 9.57 Å². The molecule has 0 spiro atoms. The van der Waals surface area contributed by atoms with Gasteiger partial charge < -0.3 is 9.57 Å². The number of nitrogens with one attached hydrogen (secondary N) is 1. The molecule has 0 amide bonds. The number of carbonyl (C=O) groups is 1. The Kier molecular flexibility index (Phi) is 4.98. The smallest absolute Gasteiger partial charge is 0.433 e. The first kappa shape index (κ1) is 9.81. The van der Waals surface area contributed by atoms with E-state index in [1.54, 1.807) is 19.9 Å². The SMILES string of the molecule is CC=C(C)NOC(=O)OCC. The summed E-state index contributed by atoms with van der Waals surface area (Å²) >= 11 is 0. The third kappa shape index (κ3) is 5.26. The standard InChI is InChI=1S/C7H13NO3/c1-4-6(3)8-11-7(9)10-5-2/h4,8H,5H2,1-3H3. The summed E-state index contributed by atoms with van der Waals surface area (Å²) in [5.41, 5.74) is 3.17. The van der Waals surface area contributed by atoms with Crippen molar-refractivity contribution in [1.29, 1.82) is 0 Å². The fraction of sp³-hybridized carbons (Fsp3) is 0.571. The Morgan fingerprint density at radius 1 is 1.64 bits per heavy atom. The van der Waals surface area contributed by atoms with E-state index in [0.29, 0.717) is 6.61 Å². The van der Waals surface area contributed by atoms with Crippen molar-refractivity contribution in [2.45, 2.75) is 20.8 Å². The number of hydroxylamine groups is 1. The summed E-state index contributed by atoms with van der Waals surface area (Å²) < 4.78 is 4.49. The van der Waals surface area contributed by atoms with Crippen molar-refractivity contribution in [3.05, 3.63) is 11.8 Å². The highest BCUT2D eigenvalue weighted by Gasteiger charge is 2.00. The zero-order chi connectivity index (χ0) is 8.69. The van der Waals surface area contributed by atoms with Gasteiger partial charge in [-0.05, 0) is 20.8 Å². The fourth-order valence-corrected chi connectivity index (χ4v) is 0.328. The molecule has 64 valence electrons. The molecular weight excluding hydrogens is 146 g/mol. The van der Waals surface area contributed by atoms with E-state index < -0.39 is 6.16 Å². The summed E-state index contributed by atoms with van der Waals surface area (Å²) in [7, 11) is 0. The molecule has 0 unspecified atom stereocenters. The van der Waals surface area contributed by atoms with Gasteiger partial charge in [0.1, 0.15) is 0 Å². The van der Waals surface area contributed by atoms with Crippen molar-refractivity contribution < 1.29 is 14.4 Å². The molecule has 4 nitrogen and oxygen atoms in total. The van der Waals surface area contributed by atoms with Crippen LogP contribution in [0.5, 0.6) is 0 Å². The van der Waals surface area contributed by atoms with E-state index in [9.17, 15) is 4.79 Å². The normalized spacial score (nSPS) is 10.6. The van der Waals surface area contributed by atoms with Crippen LogP contribution in [0.3, 0.4) is 0 Å². The van der Waals surface area contributed by atoms with Gasteiger partial charge in [-0.15, -0.1) is 0 Å². The zero-order valence-electron chi connectivity index (χ0n) is 7.01. The molecule has 0 heterocycles. The van der Waals surface area contributed by atoms with Gasteiger partial charge in [0.15, 0.2) is 0 Å². The molecule has 1 N–H and O–H groups in total. The predicted octanol–water partition coefficient (Wildman–Crippen LogP) is 1.59. The van der Waals surface area contributed by atoms with E-state index in [1.165, 1.54) is 0 Å². The van der Waals surface area contributed by atoms with E-state index in [2.05, 4.69) is 15.1 Å². The summed E-state index contributed by atoms with van der Waals surface area (Å²) in [6.45, 7) is 5.63. The Balaban J connectivity index is 3.46. The molecule has 0 aromatic heterocycles. The molecule has 0 radical (unpaired) electrons. The maximum absolute atomic E-state index is 10.5. The van der Waals surface area contributed by atoms with E-state index in [1.807, 2.05) is 6.92 Å². The maximum atomic E-state index is 10.5. The molecule has 0 saturated heterocycles. The summed E-state index contributed by atoms with van der Waals surface area (Å²) in [5, 5.41) is 0. The molecule has 0 aromatic carbocycles. The van der Waals surface area contributed by atoms with Gasteiger partial charge in [-0.2, -0.15) is 0 Å². The van der Waals surface area contributed by atoms with Crippen LogP contribution < -0.4 is 5.48 Å². The molecule has 0 aliphatic heterocycles. The molecule has 4 heteroatoms.